The molecule has 11 rings (SSSR count). The van der Waals surface area contributed by atoms with E-state index in [2.05, 4.69) is 104 Å². The lowest BCUT2D eigenvalue weighted by Gasteiger charge is -2.07. The van der Waals surface area contributed by atoms with E-state index in [1.54, 1.807) is 0 Å². The van der Waals surface area contributed by atoms with Crippen LogP contribution in [0.5, 0.6) is 0 Å². The van der Waals surface area contributed by atoms with Crippen molar-refractivity contribution in [3.8, 4) is 0 Å². The average molecular weight is 512 g/mol. The molecule has 184 valence electrons. The van der Waals surface area contributed by atoms with Crippen molar-refractivity contribution < 1.29 is 4.42 Å². The summed E-state index contributed by atoms with van der Waals surface area (Å²) in [6.45, 7) is 0. The summed E-state index contributed by atoms with van der Waals surface area (Å²) in [7, 11) is 0. The van der Waals surface area contributed by atoms with Gasteiger partial charge < -0.3 is 4.42 Å². The lowest BCUT2D eigenvalue weighted by atomic mass is 10.00. The smallest absolute Gasteiger partial charge is 0.223 e. The quantitative estimate of drug-likeness (QED) is 0.192. The second-order valence-electron chi connectivity index (χ2n) is 10.7. The minimum atomic E-state index is 0.841. The van der Waals surface area contributed by atoms with Crippen molar-refractivity contribution in [2.45, 2.75) is 0 Å². The first-order chi connectivity index (χ1) is 19.9. The zero-order valence-corrected chi connectivity index (χ0v) is 21.0. The number of hydrogen-bond donors (Lipinski definition) is 0. The van der Waals surface area contributed by atoms with Gasteiger partial charge in [0.15, 0.2) is 5.58 Å². The van der Waals surface area contributed by atoms with Gasteiger partial charge in [0.05, 0.1) is 27.6 Å². The Kier molecular flexibility index (Phi) is 3.08. The topological polar surface area (TPSA) is 52.2 Å². The van der Waals surface area contributed by atoms with Crippen LogP contribution in [-0.2, 0) is 0 Å². The van der Waals surface area contributed by atoms with Crippen LogP contribution in [0.4, 0.5) is 0 Å². The second-order valence-corrected chi connectivity index (χ2v) is 10.7. The summed E-state index contributed by atoms with van der Waals surface area (Å²) >= 11 is 0. The molecule has 5 heterocycles. The zero-order chi connectivity index (χ0) is 25.7. The minimum absolute atomic E-state index is 0.841. The molecule has 6 heteroatoms. The Labute approximate surface area is 224 Å². The van der Waals surface area contributed by atoms with Gasteiger partial charge in [-0.3, -0.25) is 8.80 Å². The molecule has 6 nitrogen and oxygen atoms in total. The molecule has 0 saturated heterocycles. The SMILES string of the molecule is c1ccc2c(c1)oc1c2ccc2nc3n(c4cccc5c4n3c3nc4c6ccccc6c6ccccc6c4n53)c21. The summed E-state index contributed by atoms with van der Waals surface area (Å²) in [5, 5.41) is 7.03. The molecule has 0 aliphatic heterocycles. The standard InChI is InChI=1S/C34H17N5O/c1-3-11-21-18(8-1)19-9-2-4-12-22(19)29-28(21)36-34-37(29)25-13-7-14-26-31(25)39(34)33-35-24-17-16-23-20-10-5-6-15-27(20)40-32(23)30(24)38(26)33/h1-17H. The van der Waals surface area contributed by atoms with Gasteiger partial charge in [0.2, 0.25) is 11.6 Å². The van der Waals surface area contributed by atoms with Gasteiger partial charge in [-0.25, -0.2) is 14.4 Å². The predicted molar refractivity (Wildman–Crippen MR) is 161 cm³/mol. The molecule has 0 unspecified atom stereocenters. The maximum atomic E-state index is 6.46. The maximum absolute atomic E-state index is 6.46. The summed E-state index contributed by atoms with van der Waals surface area (Å²) < 4.78 is 13.3. The summed E-state index contributed by atoms with van der Waals surface area (Å²) in [6, 6.07) is 36.2. The number of fused-ring (bicyclic) bond motifs is 19. The molecule has 0 aliphatic rings. The number of aromatic nitrogens is 5. The van der Waals surface area contributed by atoms with Crippen LogP contribution in [0.3, 0.4) is 0 Å². The van der Waals surface area contributed by atoms with E-state index in [0.717, 1.165) is 77.5 Å². The monoisotopic (exact) mass is 511 g/mol. The Morgan fingerprint density at radius 2 is 1.10 bits per heavy atom. The van der Waals surface area contributed by atoms with Crippen molar-refractivity contribution in [2.75, 3.05) is 0 Å². The lowest BCUT2D eigenvalue weighted by Crippen LogP contribution is -1.88. The van der Waals surface area contributed by atoms with E-state index in [1.165, 1.54) is 16.2 Å². The third-order valence-electron chi connectivity index (χ3n) is 8.76. The van der Waals surface area contributed by atoms with Crippen LogP contribution in [0.1, 0.15) is 0 Å². The molecule has 0 N–H and O–H groups in total. The van der Waals surface area contributed by atoms with Gasteiger partial charge in [0.1, 0.15) is 16.6 Å². The first kappa shape index (κ1) is 19.4. The number of benzene rings is 6. The van der Waals surface area contributed by atoms with Crippen LogP contribution >= 0.6 is 0 Å². The fraction of sp³-hybridized carbons (Fsp3) is 0. The Morgan fingerprint density at radius 1 is 0.450 bits per heavy atom. The van der Waals surface area contributed by atoms with Gasteiger partial charge >= 0.3 is 0 Å². The van der Waals surface area contributed by atoms with Crippen LogP contribution in [0, 0.1) is 0 Å². The van der Waals surface area contributed by atoms with Crippen LogP contribution in [0.25, 0.3) is 93.7 Å². The number of para-hydroxylation sites is 2. The third-order valence-corrected chi connectivity index (χ3v) is 8.76. The van der Waals surface area contributed by atoms with Crippen LogP contribution in [-0.4, -0.2) is 23.2 Å². The second kappa shape index (κ2) is 6.33. The number of nitrogens with zero attached hydrogens (tertiary/aromatic N) is 5. The van der Waals surface area contributed by atoms with Gasteiger partial charge in [-0.15, -0.1) is 0 Å². The van der Waals surface area contributed by atoms with E-state index >= 15 is 0 Å². The van der Waals surface area contributed by atoms with E-state index in [4.69, 9.17) is 14.4 Å². The molecule has 0 amide bonds. The van der Waals surface area contributed by atoms with E-state index in [0.29, 0.717) is 0 Å². The highest BCUT2D eigenvalue weighted by Gasteiger charge is 2.26. The third kappa shape index (κ3) is 2.00. The summed E-state index contributed by atoms with van der Waals surface area (Å²) in [5.41, 5.74) is 9.11. The lowest BCUT2D eigenvalue weighted by molar-refractivity contribution is 0.671. The van der Waals surface area contributed by atoms with Crippen LogP contribution in [0.15, 0.2) is 108 Å². The van der Waals surface area contributed by atoms with Crippen molar-refractivity contribution in [3.05, 3.63) is 103 Å². The molecule has 0 radical (unpaired) electrons. The molecule has 0 fully saturated rings. The Bertz CT molecular complexity index is 2880. The Balaban J connectivity index is 1.43. The molecular weight excluding hydrogens is 494 g/mol. The summed E-state index contributed by atoms with van der Waals surface area (Å²) in [6.07, 6.45) is 0. The Morgan fingerprint density at radius 3 is 1.93 bits per heavy atom. The van der Waals surface area contributed by atoms with Crippen molar-refractivity contribution >= 4 is 93.7 Å². The number of imidazole rings is 4. The largest absolute Gasteiger partial charge is 0.454 e. The van der Waals surface area contributed by atoms with Gasteiger partial charge in [0.25, 0.3) is 0 Å². The molecule has 0 bridgehead atoms. The van der Waals surface area contributed by atoms with Crippen molar-refractivity contribution in [3.63, 3.8) is 0 Å². The van der Waals surface area contributed by atoms with E-state index in [9.17, 15) is 0 Å². The van der Waals surface area contributed by atoms with Crippen molar-refractivity contribution in [2.24, 2.45) is 0 Å². The fourth-order valence-corrected chi connectivity index (χ4v) is 7.18. The number of hydrogen-bond acceptors (Lipinski definition) is 3. The van der Waals surface area contributed by atoms with Gasteiger partial charge in [-0.2, -0.15) is 0 Å². The van der Waals surface area contributed by atoms with Crippen LogP contribution in [0.2, 0.25) is 0 Å². The normalized spacial score (nSPS) is 13.0. The minimum Gasteiger partial charge on any atom is -0.454 e. The summed E-state index contributed by atoms with van der Waals surface area (Å²) in [5.74, 6) is 1.71. The number of furan rings is 1. The zero-order valence-electron chi connectivity index (χ0n) is 21.0. The average Bonchev–Trinajstić information content (AvgIpc) is 3.78. The molecule has 0 aliphatic carbocycles. The van der Waals surface area contributed by atoms with Gasteiger partial charge in [-0.05, 0) is 41.1 Å². The van der Waals surface area contributed by atoms with E-state index in [1.807, 2.05) is 12.1 Å². The number of rotatable bonds is 0. The van der Waals surface area contributed by atoms with Gasteiger partial charge in [-0.1, -0.05) is 72.8 Å². The first-order valence-electron chi connectivity index (χ1n) is 13.5. The fourth-order valence-electron chi connectivity index (χ4n) is 7.18. The highest BCUT2D eigenvalue weighted by molar-refractivity contribution is 6.25. The highest BCUT2D eigenvalue weighted by atomic mass is 16.3. The molecule has 6 aromatic carbocycles. The van der Waals surface area contributed by atoms with E-state index < -0.39 is 0 Å². The van der Waals surface area contributed by atoms with E-state index in [-0.39, 0.29) is 0 Å². The molecule has 0 spiro atoms. The molecule has 40 heavy (non-hydrogen) atoms. The molecule has 11 aromatic rings. The maximum Gasteiger partial charge on any atom is 0.223 e. The van der Waals surface area contributed by atoms with Gasteiger partial charge in [0, 0.05) is 21.5 Å². The molecule has 5 aromatic heterocycles. The highest BCUT2D eigenvalue weighted by Crippen LogP contribution is 2.41. The molecular formula is C34H17N5O. The summed E-state index contributed by atoms with van der Waals surface area (Å²) in [4.78, 5) is 10.5. The van der Waals surface area contributed by atoms with Crippen LogP contribution < -0.4 is 0 Å². The van der Waals surface area contributed by atoms with Crippen molar-refractivity contribution in [1.82, 2.24) is 23.2 Å². The predicted octanol–water partition coefficient (Wildman–Crippen LogP) is 8.34. The van der Waals surface area contributed by atoms with Crippen molar-refractivity contribution in [1.29, 1.82) is 0 Å². The molecule has 0 saturated carbocycles. The first-order valence-corrected chi connectivity index (χ1v) is 13.5. The molecule has 0 atom stereocenters. The Hall–Kier alpha value is -5.62.